The van der Waals surface area contributed by atoms with E-state index < -0.39 is 5.54 Å². The van der Waals surface area contributed by atoms with Crippen LogP contribution in [0.25, 0.3) is 0 Å². The van der Waals surface area contributed by atoms with E-state index in [9.17, 15) is 9.59 Å². The minimum atomic E-state index is -0.787. The largest absolute Gasteiger partial charge is 0.357 e. The number of hydrogen-bond donors (Lipinski definition) is 3. The first-order valence-corrected chi connectivity index (χ1v) is 11.2. The maximum atomic E-state index is 12.5. The van der Waals surface area contributed by atoms with E-state index in [-0.39, 0.29) is 35.9 Å². The zero-order chi connectivity index (χ0) is 23.0. The topological polar surface area (TPSA) is 104 Å². The van der Waals surface area contributed by atoms with E-state index in [2.05, 4.69) is 33.2 Å². The molecule has 9 nitrogen and oxygen atoms in total. The summed E-state index contributed by atoms with van der Waals surface area (Å²) < 4.78 is 1.89. The van der Waals surface area contributed by atoms with E-state index in [0.29, 0.717) is 45.0 Å². The van der Waals surface area contributed by atoms with E-state index in [1.54, 1.807) is 13.1 Å². The zero-order valence-electron chi connectivity index (χ0n) is 19.5. The highest BCUT2D eigenvalue weighted by molar-refractivity contribution is 14.0. The first kappa shape index (κ1) is 26.6. The Balaban J connectivity index is 0.00000385. The van der Waals surface area contributed by atoms with E-state index in [1.165, 1.54) is 10.5 Å². The fraction of sp³-hybridized carbons (Fsp3) is 0.478. The third-order valence-electron chi connectivity index (χ3n) is 5.66. The number of imide groups is 1. The Hall–Kier alpha value is -2.63. The molecule has 3 amide bonds. The molecule has 3 N–H and O–H groups in total. The van der Waals surface area contributed by atoms with Crippen molar-refractivity contribution < 1.29 is 9.59 Å². The van der Waals surface area contributed by atoms with Crippen molar-refractivity contribution >= 4 is 41.9 Å². The predicted molar refractivity (Wildman–Crippen MR) is 140 cm³/mol. The molecule has 1 aromatic carbocycles. The summed E-state index contributed by atoms with van der Waals surface area (Å²) in [6, 6.07) is 9.81. The number of guanidine groups is 1. The molecule has 180 valence electrons. The van der Waals surface area contributed by atoms with Gasteiger partial charge in [-0.15, -0.1) is 24.0 Å². The number of amides is 3. The van der Waals surface area contributed by atoms with Crippen LogP contribution in [0.1, 0.15) is 44.7 Å². The Morgan fingerprint density at radius 3 is 2.55 bits per heavy atom. The molecule has 0 radical (unpaired) electrons. The average molecular weight is 567 g/mol. The van der Waals surface area contributed by atoms with Crippen molar-refractivity contribution in [2.45, 2.75) is 52.2 Å². The number of halogens is 1. The second kappa shape index (κ2) is 12.6. The van der Waals surface area contributed by atoms with Crippen molar-refractivity contribution in [3.63, 3.8) is 0 Å². The van der Waals surface area contributed by atoms with Gasteiger partial charge in [-0.25, -0.2) is 9.79 Å². The fourth-order valence-electron chi connectivity index (χ4n) is 3.57. The van der Waals surface area contributed by atoms with E-state index in [0.717, 1.165) is 12.1 Å². The molecular weight excluding hydrogens is 533 g/mol. The van der Waals surface area contributed by atoms with Gasteiger partial charge in [-0.2, -0.15) is 5.10 Å². The van der Waals surface area contributed by atoms with Crippen LogP contribution in [-0.2, 0) is 17.9 Å². The summed E-state index contributed by atoms with van der Waals surface area (Å²) in [4.78, 5) is 30.6. The van der Waals surface area contributed by atoms with E-state index in [4.69, 9.17) is 4.99 Å². The lowest BCUT2D eigenvalue weighted by atomic mass is 9.99. The van der Waals surface area contributed by atoms with Gasteiger partial charge in [0.25, 0.3) is 5.91 Å². The number of aromatic nitrogens is 2. The number of benzene rings is 1. The van der Waals surface area contributed by atoms with Crippen LogP contribution in [0, 0.1) is 0 Å². The van der Waals surface area contributed by atoms with Crippen molar-refractivity contribution in [3.8, 4) is 0 Å². The molecule has 0 aliphatic carbocycles. The van der Waals surface area contributed by atoms with Gasteiger partial charge < -0.3 is 16.0 Å². The molecule has 0 spiro atoms. The number of nitrogens with zero attached hydrogens (tertiary/aromatic N) is 4. The molecule has 10 heteroatoms. The van der Waals surface area contributed by atoms with Gasteiger partial charge in [-0.3, -0.25) is 14.4 Å². The molecule has 1 aromatic heterocycles. The number of carbonyl (C=O) groups excluding carboxylic acids is 2. The molecule has 1 aliphatic rings. The second-order valence-electron chi connectivity index (χ2n) is 8.02. The maximum absolute atomic E-state index is 12.5. The minimum Gasteiger partial charge on any atom is -0.357 e. The Labute approximate surface area is 212 Å². The van der Waals surface area contributed by atoms with Crippen LogP contribution >= 0.6 is 24.0 Å². The molecule has 1 aliphatic heterocycles. The number of hydrogen-bond acceptors (Lipinski definition) is 4. The molecule has 1 saturated heterocycles. The van der Waals surface area contributed by atoms with Gasteiger partial charge in [-0.05, 0) is 43.9 Å². The Morgan fingerprint density at radius 2 is 1.91 bits per heavy atom. The van der Waals surface area contributed by atoms with Crippen molar-refractivity contribution in [1.29, 1.82) is 0 Å². The molecule has 1 atom stereocenters. The van der Waals surface area contributed by atoms with Crippen molar-refractivity contribution in [2.75, 3.05) is 19.6 Å². The summed E-state index contributed by atoms with van der Waals surface area (Å²) >= 11 is 0. The molecule has 0 saturated carbocycles. The zero-order valence-corrected chi connectivity index (χ0v) is 21.8. The van der Waals surface area contributed by atoms with Crippen LogP contribution in [-0.4, -0.2) is 57.8 Å². The van der Waals surface area contributed by atoms with Crippen LogP contribution in [0.15, 0.2) is 47.7 Å². The van der Waals surface area contributed by atoms with Crippen LogP contribution in [0.4, 0.5) is 4.79 Å². The number of aliphatic imine (C=N–C) groups is 1. The summed E-state index contributed by atoms with van der Waals surface area (Å²) in [5, 5.41) is 13.6. The molecule has 1 unspecified atom stereocenters. The van der Waals surface area contributed by atoms with Gasteiger partial charge in [0, 0.05) is 32.0 Å². The highest BCUT2D eigenvalue weighted by Gasteiger charge is 2.45. The monoisotopic (exact) mass is 567 g/mol. The van der Waals surface area contributed by atoms with Gasteiger partial charge in [0.15, 0.2) is 5.96 Å². The standard InChI is InChI=1S/C23H33N7O2.HI/c1-4-23(3)20(31)30(22(32)28-23)15-8-12-25-21(24-5-2)26-16-18-10-6-7-11-19(18)17-29-14-9-13-27-29;/h6-7,9-11,13-14H,4-5,8,12,15-17H2,1-3H3,(H,28,32)(H2,24,25,26);1H. The third-order valence-corrected chi connectivity index (χ3v) is 5.66. The molecular formula is C23H34IN7O2. The fourth-order valence-corrected chi connectivity index (χ4v) is 3.57. The lowest BCUT2D eigenvalue weighted by molar-refractivity contribution is -0.130. The van der Waals surface area contributed by atoms with Crippen molar-refractivity contribution in [2.24, 2.45) is 4.99 Å². The number of carbonyl (C=O) groups is 2. The number of rotatable bonds is 10. The highest BCUT2D eigenvalue weighted by atomic mass is 127. The van der Waals surface area contributed by atoms with Crippen LogP contribution in [0.3, 0.4) is 0 Å². The lowest BCUT2D eigenvalue weighted by Crippen LogP contribution is -2.43. The Morgan fingerprint density at radius 1 is 1.15 bits per heavy atom. The maximum Gasteiger partial charge on any atom is 0.325 e. The summed E-state index contributed by atoms with van der Waals surface area (Å²) in [6.07, 6.45) is 4.93. The minimum absolute atomic E-state index is 0. The summed E-state index contributed by atoms with van der Waals surface area (Å²) in [7, 11) is 0. The smallest absolute Gasteiger partial charge is 0.325 e. The van der Waals surface area contributed by atoms with Gasteiger partial charge in [0.1, 0.15) is 5.54 Å². The lowest BCUT2D eigenvalue weighted by Gasteiger charge is -2.19. The Bertz CT molecular complexity index is 948. The Kier molecular flexibility index (Phi) is 10.1. The van der Waals surface area contributed by atoms with Crippen molar-refractivity contribution in [1.82, 2.24) is 30.6 Å². The number of nitrogens with one attached hydrogen (secondary N) is 3. The summed E-state index contributed by atoms with van der Waals surface area (Å²) in [6.45, 7) is 8.63. The molecule has 1 fully saturated rings. The van der Waals surface area contributed by atoms with Gasteiger partial charge in [-0.1, -0.05) is 31.2 Å². The quantitative estimate of drug-likeness (QED) is 0.135. The first-order chi connectivity index (χ1) is 15.5. The molecule has 33 heavy (non-hydrogen) atoms. The second-order valence-corrected chi connectivity index (χ2v) is 8.02. The third kappa shape index (κ3) is 6.92. The van der Waals surface area contributed by atoms with E-state index in [1.807, 2.05) is 42.9 Å². The van der Waals surface area contributed by atoms with Crippen LogP contribution < -0.4 is 16.0 Å². The van der Waals surface area contributed by atoms with Gasteiger partial charge >= 0.3 is 6.03 Å². The SMILES string of the molecule is CCNC(=NCc1ccccc1Cn1cccn1)NCCCN1C(=O)NC(C)(CC)C1=O.I. The van der Waals surface area contributed by atoms with Crippen LogP contribution in [0.5, 0.6) is 0 Å². The summed E-state index contributed by atoms with van der Waals surface area (Å²) in [5.41, 5.74) is 1.52. The van der Waals surface area contributed by atoms with Gasteiger partial charge in [0.05, 0.1) is 13.1 Å². The first-order valence-electron chi connectivity index (χ1n) is 11.2. The van der Waals surface area contributed by atoms with Gasteiger partial charge in [0.2, 0.25) is 0 Å². The normalized spacial score (nSPS) is 18.2. The highest BCUT2D eigenvalue weighted by Crippen LogP contribution is 2.20. The van der Waals surface area contributed by atoms with E-state index >= 15 is 0 Å². The average Bonchev–Trinajstić information content (AvgIpc) is 3.37. The predicted octanol–water partition coefficient (Wildman–Crippen LogP) is 2.72. The molecule has 3 rings (SSSR count). The molecule has 2 heterocycles. The number of urea groups is 1. The molecule has 2 aromatic rings. The summed E-state index contributed by atoms with van der Waals surface area (Å²) in [5.74, 6) is 0.552. The van der Waals surface area contributed by atoms with Crippen LogP contribution in [0.2, 0.25) is 0 Å². The molecule has 0 bridgehead atoms. The van der Waals surface area contributed by atoms with Crippen molar-refractivity contribution in [3.05, 3.63) is 53.9 Å².